The molecule has 7 nitrogen and oxygen atoms in total. The molecule has 2 aromatic carbocycles. The number of nitrogens with one attached hydrogen (secondary N) is 1. The number of carbonyl (C=O) groups is 1. The van der Waals surface area contributed by atoms with Crippen molar-refractivity contribution in [1.29, 1.82) is 0 Å². The minimum Gasteiger partial charge on any atom is -0.485 e. The molecular formula is C24H28N4O3S. The molecule has 1 aliphatic heterocycles. The second-order valence-corrected chi connectivity index (χ2v) is 8.75. The molecular weight excluding hydrogens is 424 g/mol. The van der Waals surface area contributed by atoms with Crippen molar-refractivity contribution in [3.8, 4) is 11.4 Å². The molecule has 2 heterocycles. The summed E-state index contributed by atoms with van der Waals surface area (Å²) >= 11 is 1.36. The van der Waals surface area contributed by atoms with E-state index in [0.29, 0.717) is 17.5 Å². The number of rotatable bonds is 9. The van der Waals surface area contributed by atoms with Crippen LogP contribution >= 0.6 is 11.8 Å². The van der Waals surface area contributed by atoms with Crippen LogP contribution in [0.4, 0.5) is 0 Å². The fourth-order valence-corrected chi connectivity index (χ4v) is 4.50. The molecule has 1 atom stereocenters. The average Bonchev–Trinajstić information content (AvgIpc) is 3.46. The molecule has 1 aliphatic rings. The summed E-state index contributed by atoms with van der Waals surface area (Å²) in [6, 6.07) is 16.0. The molecule has 3 aromatic rings. The highest BCUT2D eigenvalue weighted by Crippen LogP contribution is 2.26. The molecule has 1 saturated heterocycles. The zero-order chi connectivity index (χ0) is 22.3. The molecule has 0 radical (unpaired) electrons. The van der Waals surface area contributed by atoms with E-state index >= 15 is 0 Å². The van der Waals surface area contributed by atoms with Gasteiger partial charge in [0.2, 0.25) is 5.91 Å². The number of nitrogens with zero attached hydrogens (tertiary/aromatic N) is 3. The lowest BCUT2D eigenvalue weighted by molar-refractivity contribution is -0.119. The summed E-state index contributed by atoms with van der Waals surface area (Å²) in [5.41, 5.74) is 3.08. The molecule has 0 aliphatic carbocycles. The van der Waals surface area contributed by atoms with Crippen LogP contribution < -0.4 is 10.1 Å². The Morgan fingerprint density at radius 2 is 1.94 bits per heavy atom. The lowest BCUT2D eigenvalue weighted by Gasteiger charge is -2.14. The van der Waals surface area contributed by atoms with Crippen LogP contribution in [0.15, 0.2) is 53.7 Å². The van der Waals surface area contributed by atoms with Gasteiger partial charge in [-0.15, -0.1) is 10.2 Å². The minimum absolute atomic E-state index is 0.0403. The van der Waals surface area contributed by atoms with Gasteiger partial charge >= 0.3 is 0 Å². The van der Waals surface area contributed by atoms with Crippen LogP contribution in [-0.2, 0) is 16.1 Å². The van der Waals surface area contributed by atoms with Crippen LogP contribution in [0.5, 0.6) is 5.75 Å². The largest absolute Gasteiger partial charge is 0.485 e. The number of thioether (sulfide) groups is 1. The zero-order valence-electron chi connectivity index (χ0n) is 18.4. The smallest absolute Gasteiger partial charge is 0.230 e. The van der Waals surface area contributed by atoms with E-state index in [2.05, 4.69) is 15.5 Å². The highest BCUT2D eigenvalue weighted by Gasteiger charge is 2.19. The van der Waals surface area contributed by atoms with Gasteiger partial charge in [0, 0.05) is 18.8 Å². The van der Waals surface area contributed by atoms with Crippen molar-refractivity contribution >= 4 is 17.7 Å². The number of aryl methyl sites for hydroxylation is 2. The lowest BCUT2D eigenvalue weighted by Crippen LogP contribution is -2.32. The SMILES string of the molecule is Cc1cccc(C)c1OCc1nnc(SCC(=O)NCC2CCCO2)n1-c1ccccc1. The van der Waals surface area contributed by atoms with Crippen LogP contribution in [0, 0.1) is 13.8 Å². The third kappa shape index (κ3) is 5.49. The molecule has 1 fully saturated rings. The normalized spacial score (nSPS) is 15.6. The van der Waals surface area contributed by atoms with Gasteiger partial charge in [0.05, 0.1) is 11.9 Å². The fourth-order valence-electron chi connectivity index (χ4n) is 3.70. The first-order valence-corrected chi connectivity index (χ1v) is 11.8. The summed E-state index contributed by atoms with van der Waals surface area (Å²) in [6.45, 7) is 5.67. The molecule has 168 valence electrons. The Bertz CT molecular complexity index is 1030. The van der Waals surface area contributed by atoms with Crippen LogP contribution in [0.2, 0.25) is 0 Å². The van der Waals surface area contributed by atoms with Gasteiger partial charge in [-0.3, -0.25) is 9.36 Å². The number of ether oxygens (including phenoxy) is 2. The quantitative estimate of drug-likeness (QED) is 0.497. The number of para-hydroxylation sites is 2. The monoisotopic (exact) mass is 452 g/mol. The van der Waals surface area contributed by atoms with Crippen LogP contribution in [0.25, 0.3) is 5.69 Å². The highest BCUT2D eigenvalue weighted by molar-refractivity contribution is 7.99. The van der Waals surface area contributed by atoms with Crippen molar-refractivity contribution in [2.75, 3.05) is 18.9 Å². The molecule has 4 rings (SSSR count). The zero-order valence-corrected chi connectivity index (χ0v) is 19.2. The van der Waals surface area contributed by atoms with Crippen LogP contribution in [0.1, 0.15) is 29.8 Å². The first-order chi connectivity index (χ1) is 15.6. The summed E-state index contributed by atoms with van der Waals surface area (Å²) in [5, 5.41) is 12.3. The molecule has 0 bridgehead atoms. The van der Waals surface area contributed by atoms with Crippen LogP contribution in [0.3, 0.4) is 0 Å². The van der Waals surface area contributed by atoms with Gasteiger partial charge in [-0.05, 0) is 49.9 Å². The van der Waals surface area contributed by atoms with Crippen molar-refractivity contribution in [3.63, 3.8) is 0 Å². The van der Waals surface area contributed by atoms with E-state index in [0.717, 1.165) is 42.0 Å². The summed E-state index contributed by atoms with van der Waals surface area (Å²) < 4.78 is 13.6. The third-order valence-electron chi connectivity index (χ3n) is 5.35. The molecule has 8 heteroatoms. The Labute approximate surface area is 192 Å². The molecule has 0 saturated carbocycles. The van der Waals surface area contributed by atoms with Crippen molar-refractivity contribution in [3.05, 3.63) is 65.5 Å². The average molecular weight is 453 g/mol. The summed E-state index contributed by atoms with van der Waals surface area (Å²) in [7, 11) is 0. The number of hydrogen-bond acceptors (Lipinski definition) is 6. The van der Waals surface area contributed by atoms with E-state index in [-0.39, 0.29) is 24.4 Å². The standard InChI is InChI=1S/C24H28N4O3S/c1-17-8-6-9-18(2)23(17)31-15-21-26-27-24(28(21)19-10-4-3-5-11-19)32-16-22(29)25-14-20-12-7-13-30-20/h3-6,8-11,20H,7,12-16H2,1-2H3,(H,25,29). The van der Waals surface area contributed by atoms with E-state index in [1.165, 1.54) is 11.8 Å². The summed E-state index contributed by atoms with van der Waals surface area (Å²) in [4.78, 5) is 12.3. The van der Waals surface area contributed by atoms with Crippen molar-refractivity contribution < 1.29 is 14.3 Å². The van der Waals surface area contributed by atoms with Crippen molar-refractivity contribution in [2.45, 2.75) is 44.6 Å². The fraction of sp³-hybridized carbons (Fsp3) is 0.375. The van der Waals surface area contributed by atoms with Crippen molar-refractivity contribution in [2.24, 2.45) is 0 Å². The second kappa shape index (κ2) is 10.7. The van der Waals surface area contributed by atoms with Gasteiger partial charge < -0.3 is 14.8 Å². The molecule has 1 aromatic heterocycles. The van der Waals surface area contributed by atoms with Gasteiger partial charge in [-0.2, -0.15) is 0 Å². The second-order valence-electron chi connectivity index (χ2n) is 7.81. The van der Waals surface area contributed by atoms with Crippen molar-refractivity contribution in [1.82, 2.24) is 20.1 Å². The maximum atomic E-state index is 12.3. The van der Waals surface area contributed by atoms with E-state index < -0.39 is 0 Å². The summed E-state index contributed by atoms with van der Waals surface area (Å²) in [6.07, 6.45) is 2.19. The minimum atomic E-state index is -0.0403. The van der Waals surface area contributed by atoms with E-state index in [9.17, 15) is 4.79 Å². The lowest BCUT2D eigenvalue weighted by atomic mass is 10.1. The molecule has 1 amide bonds. The molecule has 0 spiro atoms. The number of carbonyl (C=O) groups excluding carboxylic acids is 1. The maximum absolute atomic E-state index is 12.3. The Morgan fingerprint density at radius 1 is 1.16 bits per heavy atom. The Kier molecular flexibility index (Phi) is 7.44. The number of hydrogen-bond donors (Lipinski definition) is 1. The van der Waals surface area contributed by atoms with Gasteiger partial charge in [0.15, 0.2) is 11.0 Å². The predicted molar refractivity (Wildman–Crippen MR) is 124 cm³/mol. The number of amides is 1. The Balaban J connectivity index is 1.46. The number of benzene rings is 2. The summed E-state index contributed by atoms with van der Waals surface area (Å²) in [5.74, 6) is 1.76. The Hall–Kier alpha value is -2.84. The highest BCUT2D eigenvalue weighted by atomic mass is 32.2. The van der Waals surface area contributed by atoms with E-state index in [4.69, 9.17) is 9.47 Å². The third-order valence-corrected chi connectivity index (χ3v) is 6.28. The van der Waals surface area contributed by atoms with Crippen LogP contribution in [-0.4, -0.2) is 45.7 Å². The van der Waals surface area contributed by atoms with Gasteiger partial charge in [-0.25, -0.2) is 0 Å². The molecule has 1 N–H and O–H groups in total. The maximum Gasteiger partial charge on any atom is 0.230 e. The van der Waals surface area contributed by atoms with Gasteiger partial charge in [0.1, 0.15) is 12.4 Å². The van der Waals surface area contributed by atoms with Gasteiger partial charge in [0.25, 0.3) is 0 Å². The van der Waals surface area contributed by atoms with E-state index in [1.54, 1.807) is 0 Å². The van der Waals surface area contributed by atoms with Gasteiger partial charge in [-0.1, -0.05) is 48.2 Å². The molecule has 32 heavy (non-hydrogen) atoms. The first kappa shape index (κ1) is 22.4. The molecule has 1 unspecified atom stereocenters. The topological polar surface area (TPSA) is 78.3 Å². The first-order valence-electron chi connectivity index (χ1n) is 10.8. The number of aromatic nitrogens is 3. The van der Waals surface area contributed by atoms with E-state index in [1.807, 2.05) is 66.9 Å². The predicted octanol–water partition coefficient (Wildman–Crippen LogP) is 3.85. The Morgan fingerprint density at radius 3 is 2.66 bits per heavy atom.